The summed E-state index contributed by atoms with van der Waals surface area (Å²) in [5.41, 5.74) is 3.02. The number of hydrogen-bond acceptors (Lipinski definition) is 1. The van der Waals surface area contributed by atoms with Crippen LogP contribution in [0.4, 0.5) is 0 Å². The van der Waals surface area contributed by atoms with Crippen LogP contribution in [0.1, 0.15) is 51.2 Å². The fourth-order valence-electron chi connectivity index (χ4n) is 3.11. The van der Waals surface area contributed by atoms with E-state index in [1.54, 1.807) is 0 Å². The summed E-state index contributed by atoms with van der Waals surface area (Å²) in [5.74, 6) is 2.33. The van der Waals surface area contributed by atoms with E-state index in [2.05, 4.69) is 50.4 Å². The van der Waals surface area contributed by atoms with Crippen LogP contribution in [0.2, 0.25) is 0 Å². The fraction of sp³-hybridized carbons (Fsp3) is 0.667. The predicted molar refractivity (Wildman–Crippen MR) is 88.4 cm³/mol. The van der Waals surface area contributed by atoms with Crippen LogP contribution in [0.5, 0.6) is 0 Å². The lowest BCUT2D eigenvalue weighted by Crippen LogP contribution is -2.25. The van der Waals surface area contributed by atoms with E-state index in [1.165, 1.54) is 30.4 Å². The molecule has 0 saturated heterocycles. The van der Waals surface area contributed by atoms with E-state index < -0.39 is 0 Å². The second kappa shape index (κ2) is 6.95. The molecule has 0 amide bonds. The smallest absolute Gasteiger partial charge is 0.0254 e. The molecule has 1 aliphatic carbocycles. The van der Waals surface area contributed by atoms with Gasteiger partial charge in [0, 0.05) is 12.4 Å². The van der Waals surface area contributed by atoms with Gasteiger partial charge in [0.05, 0.1) is 0 Å². The second-order valence-electron chi connectivity index (χ2n) is 7.18. The maximum Gasteiger partial charge on any atom is 0.0254 e. The Labute approximate surface area is 129 Å². The zero-order chi connectivity index (χ0) is 14.6. The summed E-state index contributed by atoms with van der Waals surface area (Å²) in [6.45, 7) is 8.85. The van der Waals surface area contributed by atoms with Crippen LogP contribution in [-0.4, -0.2) is 12.4 Å². The third-order valence-electron chi connectivity index (χ3n) is 4.57. The minimum Gasteiger partial charge on any atom is -0.312 e. The molecule has 0 bridgehead atoms. The van der Waals surface area contributed by atoms with Crippen molar-refractivity contribution in [2.75, 3.05) is 12.4 Å². The van der Waals surface area contributed by atoms with E-state index in [-0.39, 0.29) is 5.41 Å². The predicted octanol–water partition coefficient (Wildman–Crippen LogP) is 4.73. The van der Waals surface area contributed by atoms with Crippen molar-refractivity contribution < 1.29 is 0 Å². The van der Waals surface area contributed by atoms with Gasteiger partial charge in [0.2, 0.25) is 0 Å². The van der Waals surface area contributed by atoms with Gasteiger partial charge in [0.1, 0.15) is 0 Å². The summed E-state index contributed by atoms with van der Waals surface area (Å²) >= 11 is 6.03. The standard InChI is InChI=1S/C18H28ClN/c1-18(2,3)17-9-7-14(8-10-17)12-20-13-16-6-4-5-15(16)11-19/h7-10,15-16,20H,4-6,11-13H2,1-3H3. The van der Waals surface area contributed by atoms with Crippen molar-refractivity contribution in [1.29, 1.82) is 0 Å². The van der Waals surface area contributed by atoms with Gasteiger partial charge < -0.3 is 5.32 Å². The maximum absolute atomic E-state index is 6.03. The molecule has 0 spiro atoms. The zero-order valence-corrected chi connectivity index (χ0v) is 13.8. The molecule has 0 radical (unpaired) electrons. The van der Waals surface area contributed by atoms with Gasteiger partial charge in [0.25, 0.3) is 0 Å². The van der Waals surface area contributed by atoms with E-state index in [1.807, 2.05) is 0 Å². The number of rotatable bonds is 5. The number of halogens is 1. The first-order valence-electron chi connectivity index (χ1n) is 7.87. The lowest BCUT2D eigenvalue weighted by Gasteiger charge is -2.20. The monoisotopic (exact) mass is 293 g/mol. The van der Waals surface area contributed by atoms with Crippen molar-refractivity contribution in [2.24, 2.45) is 11.8 Å². The van der Waals surface area contributed by atoms with Gasteiger partial charge in [-0.3, -0.25) is 0 Å². The minimum atomic E-state index is 0.239. The minimum absolute atomic E-state index is 0.239. The van der Waals surface area contributed by atoms with Crippen molar-refractivity contribution in [1.82, 2.24) is 5.32 Å². The van der Waals surface area contributed by atoms with Crippen molar-refractivity contribution in [2.45, 2.75) is 52.0 Å². The molecule has 1 saturated carbocycles. The Morgan fingerprint density at radius 2 is 1.75 bits per heavy atom. The normalized spacial score (nSPS) is 23.2. The molecule has 20 heavy (non-hydrogen) atoms. The van der Waals surface area contributed by atoms with Gasteiger partial charge in [-0.1, -0.05) is 51.5 Å². The molecule has 1 N–H and O–H groups in total. The van der Waals surface area contributed by atoms with Crippen LogP contribution >= 0.6 is 11.6 Å². The van der Waals surface area contributed by atoms with E-state index in [4.69, 9.17) is 11.6 Å². The van der Waals surface area contributed by atoms with Crippen molar-refractivity contribution in [3.8, 4) is 0 Å². The van der Waals surface area contributed by atoms with Gasteiger partial charge >= 0.3 is 0 Å². The summed E-state index contributed by atoms with van der Waals surface area (Å²) in [7, 11) is 0. The highest BCUT2D eigenvalue weighted by atomic mass is 35.5. The third kappa shape index (κ3) is 4.23. The first-order chi connectivity index (χ1) is 9.50. The van der Waals surface area contributed by atoms with Crippen LogP contribution in [0.25, 0.3) is 0 Å². The van der Waals surface area contributed by atoms with Crippen molar-refractivity contribution >= 4 is 11.6 Å². The average Bonchev–Trinajstić information content (AvgIpc) is 2.86. The summed E-state index contributed by atoms with van der Waals surface area (Å²) in [5, 5.41) is 3.61. The molecule has 1 nitrogen and oxygen atoms in total. The Morgan fingerprint density at radius 1 is 1.10 bits per heavy atom. The Hall–Kier alpha value is -0.530. The highest BCUT2D eigenvalue weighted by Crippen LogP contribution is 2.32. The Kier molecular flexibility index (Phi) is 5.51. The summed E-state index contributed by atoms with van der Waals surface area (Å²) in [6.07, 6.45) is 4.01. The second-order valence-corrected chi connectivity index (χ2v) is 7.49. The third-order valence-corrected chi connectivity index (χ3v) is 4.97. The van der Waals surface area contributed by atoms with Crippen LogP contribution < -0.4 is 5.32 Å². The van der Waals surface area contributed by atoms with Crippen LogP contribution in [0.3, 0.4) is 0 Å². The van der Waals surface area contributed by atoms with Crippen LogP contribution in [0.15, 0.2) is 24.3 Å². The molecule has 112 valence electrons. The number of benzene rings is 1. The Morgan fingerprint density at radius 3 is 2.35 bits per heavy atom. The Bertz CT molecular complexity index is 404. The molecule has 1 aromatic carbocycles. The Balaban J connectivity index is 1.80. The van der Waals surface area contributed by atoms with Crippen molar-refractivity contribution in [3.05, 3.63) is 35.4 Å². The summed E-state index contributed by atoms with van der Waals surface area (Å²) in [6, 6.07) is 9.02. The SMILES string of the molecule is CC(C)(C)c1ccc(CNCC2CCCC2CCl)cc1. The van der Waals surface area contributed by atoms with E-state index in [0.717, 1.165) is 30.8 Å². The number of hydrogen-bond donors (Lipinski definition) is 1. The van der Waals surface area contributed by atoms with E-state index >= 15 is 0 Å². The van der Waals surface area contributed by atoms with Gasteiger partial charge in [-0.15, -0.1) is 11.6 Å². The van der Waals surface area contributed by atoms with Crippen molar-refractivity contribution in [3.63, 3.8) is 0 Å². The molecule has 1 aliphatic rings. The van der Waals surface area contributed by atoms with Gasteiger partial charge in [-0.25, -0.2) is 0 Å². The zero-order valence-electron chi connectivity index (χ0n) is 13.1. The van der Waals surface area contributed by atoms with Crippen LogP contribution in [-0.2, 0) is 12.0 Å². The summed E-state index contributed by atoms with van der Waals surface area (Å²) in [4.78, 5) is 0. The van der Waals surface area contributed by atoms with Gasteiger partial charge in [-0.05, 0) is 47.8 Å². The average molecular weight is 294 g/mol. The maximum atomic E-state index is 6.03. The molecular weight excluding hydrogens is 266 g/mol. The molecular formula is C18H28ClN. The van der Waals surface area contributed by atoms with Gasteiger partial charge in [0.15, 0.2) is 0 Å². The molecule has 2 rings (SSSR count). The summed E-state index contributed by atoms with van der Waals surface area (Å²) < 4.78 is 0. The fourth-order valence-corrected chi connectivity index (χ4v) is 3.52. The molecule has 1 aromatic rings. The molecule has 0 aromatic heterocycles. The number of alkyl halides is 1. The molecule has 0 heterocycles. The molecule has 2 heteroatoms. The van der Waals surface area contributed by atoms with E-state index in [9.17, 15) is 0 Å². The molecule has 2 unspecified atom stereocenters. The first kappa shape index (κ1) is 15.9. The lowest BCUT2D eigenvalue weighted by molar-refractivity contribution is 0.395. The molecule has 2 atom stereocenters. The number of nitrogens with one attached hydrogen (secondary N) is 1. The van der Waals surface area contributed by atoms with Gasteiger partial charge in [-0.2, -0.15) is 0 Å². The quantitative estimate of drug-likeness (QED) is 0.774. The highest BCUT2D eigenvalue weighted by Gasteiger charge is 2.25. The largest absolute Gasteiger partial charge is 0.312 e. The van der Waals surface area contributed by atoms with Crippen LogP contribution in [0, 0.1) is 11.8 Å². The molecule has 1 fully saturated rings. The first-order valence-corrected chi connectivity index (χ1v) is 8.40. The topological polar surface area (TPSA) is 12.0 Å². The highest BCUT2D eigenvalue weighted by molar-refractivity contribution is 6.18. The molecule has 0 aliphatic heterocycles. The van der Waals surface area contributed by atoms with E-state index in [0.29, 0.717) is 0 Å². The lowest BCUT2D eigenvalue weighted by atomic mass is 9.87.